The number of carbonyl (C=O) groups excluding carboxylic acids is 3. The van der Waals surface area contributed by atoms with Crippen LogP contribution in [0, 0.1) is 0 Å². The van der Waals surface area contributed by atoms with E-state index in [9.17, 15) is 24.3 Å². The number of piperidine rings is 1. The van der Waals surface area contributed by atoms with Crippen LogP contribution in [0.15, 0.2) is 18.2 Å². The van der Waals surface area contributed by atoms with E-state index in [1.54, 1.807) is 12.1 Å². The highest BCUT2D eigenvalue weighted by atomic mass is 16.4. The Labute approximate surface area is 167 Å². The van der Waals surface area contributed by atoms with Gasteiger partial charge >= 0.3 is 6.09 Å². The summed E-state index contributed by atoms with van der Waals surface area (Å²) in [6.07, 6.45) is 1.98. The van der Waals surface area contributed by atoms with Crippen molar-refractivity contribution in [1.82, 2.24) is 15.1 Å². The van der Waals surface area contributed by atoms with Gasteiger partial charge in [0.1, 0.15) is 6.04 Å². The molecule has 154 valence electrons. The van der Waals surface area contributed by atoms with Gasteiger partial charge < -0.3 is 15.7 Å². The lowest BCUT2D eigenvalue weighted by Gasteiger charge is -2.29. The Hall–Kier alpha value is -2.94. The molecule has 0 aromatic heterocycles. The maximum absolute atomic E-state index is 12.8. The van der Waals surface area contributed by atoms with Gasteiger partial charge in [-0.05, 0) is 42.9 Å². The van der Waals surface area contributed by atoms with Crippen LogP contribution in [0.1, 0.15) is 53.6 Å². The van der Waals surface area contributed by atoms with Gasteiger partial charge in [-0.3, -0.25) is 24.6 Å². The molecule has 0 bridgehead atoms. The van der Waals surface area contributed by atoms with E-state index in [-0.39, 0.29) is 43.4 Å². The Kier molecular flexibility index (Phi) is 4.99. The molecule has 29 heavy (non-hydrogen) atoms. The van der Waals surface area contributed by atoms with Crippen LogP contribution in [0.2, 0.25) is 0 Å². The van der Waals surface area contributed by atoms with E-state index in [0.29, 0.717) is 12.0 Å². The number of hydrogen-bond acceptors (Lipinski definition) is 5. The van der Waals surface area contributed by atoms with Gasteiger partial charge in [-0.2, -0.15) is 0 Å². The van der Waals surface area contributed by atoms with Gasteiger partial charge in [0.2, 0.25) is 11.8 Å². The van der Waals surface area contributed by atoms with Gasteiger partial charge in [-0.1, -0.05) is 12.1 Å². The number of carboxylic acid groups (broad SMARTS) is 1. The van der Waals surface area contributed by atoms with E-state index in [0.717, 1.165) is 30.4 Å². The summed E-state index contributed by atoms with van der Waals surface area (Å²) in [7, 11) is 0. The second-order valence-electron chi connectivity index (χ2n) is 7.96. The van der Waals surface area contributed by atoms with Crippen molar-refractivity contribution in [3.63, 3.8) is 0 Å². The Balaban J connectivity index is 1.52. The van der Waals surface area contributed by atoms with Gasteiger partial charge in [0.15, 0.2) is 0 Å². The average molecular weight is 400 g/mol. The molecule has 4 amide bonds. The largest absolute Gasteiger partial charge is 0.465 e. The summed E-state index contributed by atoms with van der Waals surface area (Å²) < 4.78 is 0. The van der Waals surface area contributed by atoms with Crippen molar-refractivity contribution < 1.29 is 24.3 Å². The lowest BCUT2D eigenvalue weighted by Crippen LogP contribution is -2.52. The van der Waals surface area contributed by atoms with Gasteiger partial charge in [0, 0.05) is 31.1 Å². The summed E-state index contributed by atoms with van der Waals surface area (Å²) in [5, 5.41) is 11.9. The zero-order valence-electron chi connectivity index (χ0n) is 16.0. The first-order valence-corrected chi connectivity index (χ1v) is 9.86. The fourth-order valence-corrected chi connectivity index (χ4v) is 4.61. The summed E-state index contributed by atoms with van der Waals surface area (Å²) in [6, 6.07) is 4.24. The van der Waals surface area contributed by atoms with Crippen molar-refractivity contribution in [3.8, 4) is 0 Å². The summed E-state index contributed by atoms with van der Waals surface area (Å²) in [5.41, 5.74) is 8.14. The molecule has 9 heteroatoms. The monoisotopic (exact) mass is 400 g/mol. The van der Waals surface area contributed by atoms with Crippen LogP contribution in [0.4, 0.5) is 4.79 Å². The molecule has 1 saturated carbocycles. The van der Waals surface area contributed by atoms with Crippen molar-refractivity contribution in [1.29, 1.82) is 0 Å². The van der Waals surface area contributed by atoms with E-state index in [4.69, 9.17) is 5.73 Å². The molecule has 2 aliphatic heterocycles. The van der Waals surface area contributed by atoms with Gasteiger partial charge in [0.25, 0.3) is 5.91 Å². The molecule has 1 aliphatic carbocycles. The molecule has 4 rings (SSSR count). The number of benzene rings is 1. The number of nitrogens with two attached hydrogens (primary N) is 1. The van der Waals surface area contributed by atoms with Gasteiger partial charge in [-0.25, -0.2) is 4.79 Å². The van der Waals surface area contributed by atoms with Crippen molar-refractivity contribution in [2.24, 2.45) is 5.73 Å². The molecule has 9 nitrogen and oxygen atoms in total. The minimum absolute atomic E-state index is 0.162. The minimum atomic E-state index is -1.01. The fraction of sp³-hybridized carbons (Fsp3) is 0.500. The number of amides is 4. The third-order valence-corrected chi connectivity index (χ3v) is 6.12. The number of nitrogens with one attached hydrogen (secondary N) is 1. The van der Waals surface area contributed by atoms with Crippen molar-refractivity contribution in [2.75, 3.05) is 0 Å². The van der Waals surface area contributed by atoms with Gasteiger partial charge in [0.05, 0.1) is 6.04 Å². The summed E-state index contributed by atoms with van der Waals surface area (Å²) in [5.74, 6) is -1.01. The molecule has 1 saturated heterocycles. The number of nitrogens with zero attached hydrogens (tertiary/aromatic N) is 2. The zero-order valence-corrected chi connectivity index (χ0v) is 16.0. The minimum Gasteiger partial charge on any atom is -0.465 e. The Bertz CT molecular complexity index is 886. The van der Waals surface area contributed by atoms with E-state index in [2.05, 4.69) is 5.32 Å². The number of rotatable bonds is 4. The molecule has 0 radical (unpaired) electrons. The topological polar surface area (TPSA) is 133 Å². The SMILES string of the molecule is N[C@H]1CCC[C@@H]1N(Cc1ccc2c(c1)CN(C1CCC(=O)NC1=O)C2=O)C(=O)O. The lowest BCUT2D eigenvalue weighted by atomic mass is 10.0. The molecular formula is C20H24N4O5. The fourth-order valence-electron chi connectivity index (χ4n) is 4.61. The molecule has 3 atom stereocenters. The first kappa shape index (κ1) is 19.4. The Morgan fingerprint density at radius 2 is 2.03 bits per heavy atom. The molecule has 2 fully saturated rings. The molecule has 3 aliphatic rings. The third kappa shape index (κ3) is 3.57. The molecule has 4 N–H and O–H groups in total. The summed E-state index contributed by atoms with van der Waals surface area (Å²) >= 11 is 0. The summed E-state index contributed by atoms with van der Waals surface area (Å²) in [4.78, 5) is 50.9. The second-order valence-corrected chi connectivity index (χ2v) is 7.96. The van der Waals surface area contributed by atoms with Crippen LogP contribution >= 0.6 is 0 Å². The van der Waals surface area contributed by atoms with Crippen LogP contribution in [0.25, 0.3) is 0 Å². The number of imide groups is 1. The molecule has 1 aromatic carbocycles. The van der Waals surface area contributed by atoms with Crippen LogP contribution < -0.4 is 11.1 Å². The zero-order chi connectivity index (χ0) is 20.7. The quantitative estimate of drug-likeness (QED) is 0.641. The lowest BCUT2D eigenvalue weighted by molar-refractivity contribution is -0.136. The van der Waals surface area contributed by atoms with Crippen molar-refractivity contribution >= 4 is 23.8 Å². The Morgan fingerprint density at radius 1 is 1.24 bits per heavy atom. The third-order valence-electron chi connectivity index (χ3n) is 6.12. The molecular weight excluding hydrogens is 376 g/mol. The van der Waals surface area contributed by atoms with Crippen LogP contribution in [0.3, 0.4) is 0 Å². The van der Waals surface area contributed by atoms with Crippen LogP contribution in [0.5, 0.6) is 0 Å². The van der Waals surface area contributed by atoms with E-state index in [1.807, 2.05) is 6.07 Å². The number of hydrogen-bond donors (Lipinski definition) is 3. The highest BCUT2D eigenvalue weighted by molar-refractivity contribution is 6.05. The number of carbonyl (C=O) groups is 4. The smallest absolute Gasteiger partial charge is 0.407 e. The normalized spacial score (nSPS) is 26.4. The first-order chi connectivity index (χ1) is 13.8. The number of fused-ring (bicyclic) bond motifs is 1. The van der Waals surface area contributed by atoms with Crippen molar-refractivity contribution in [2.45, 2.75) is 63.3 Å². The van der Waals surface area contributed by atoms with E-state index >= 15 is 0 Å². The van der Waals surface area contributed by atoms with Crippen LogP contribution in [-0.2, 0) is 22.7 Å². The first-order valence-electron chi connectivity index (χ1n) is 9.86. The predicted molar refractivity (Wildman–Crippen MR) is 102 cm³/mol. The maximum atomic E-state index is 12.8. The summed E-state index contributed by atoms with van der Waals surface area (Å²) in [6.45, 7) is 0.470. The molecule has 1 unspecified atom stereocenters. The average Bonchev–Trinajstić information content (AvgIpc) is 3.23. The highest BCUT2D eigenvalue weighted by Gasteiger charge is 2.39. The van der Waals surface area contributed by atoms with E-state index < -0.39 is 18.0 Å². The van der Waals surface area contributed by atoms with Crippen LogP contribution in [-0.4, -0.2) is 56.8 Å². The Morgan fingerprint density at radius 3 is 2.69 bits per heavy atom. The predicted octanol–water partition coefficient (Wildman–Crippen LogP) is 0.807. The molecule has 0 spiro atoms. The highest BCUT2D eigenvalue weighted by Crippen LogP contribution is 2.30. The van der Waals surface area contributed by atoms with Gasteiger partial charge in [-0.15, -0.1) is 0 Å². The standard InChI is InChI=1S/C20H24N4O5/c21-14-2-1-3-15(14)24(20(28)29)9-11-4-5-13-12(8-11)10-23(19(13)27)16-6-7-17(25)22-18(16)26/h4-5,8,14-16H,1-3,6-7,9-10,21H2,(H,28,29)(H,22,25,26)/t14-,15-,16?/m0/s1. The van der Waals surface area contributed by atoms with Crippen molar-refractivity contribution in [3.05, 3.63) is 34.9 Å². The molecule has 1 aromatic rings. The maximum Gasteiger partial charge on any atom is 0.407 e. The van der Waals surface area contributed by atoms with E-state index in [1.165, 1.54) is 9.80 Å². The second kappa shape index (κ2) is 7.47. The molecule has 2 heterocycles.